The fourth-order valence-electron chi connectivity index (χ4n) is 0.665. The molecule has 0 aliphatic carbocycles. The smallest absolute Gasteiger partial charge is 0.101 e. The Balaban J connectivity index is 2.80. The van der Waals surface area contributed by atoms with Crippen LogP contribution in [0, 0.1) is 12.3 Å². The summed E-state index contributed by atoms with van der Waals surface area (Å²) in [5.41, 5.74) is 0.996. The Bertz CT molecular complexity index is 265. The summed E-state index contributed by atoms with van der Waals surface area (Å²) in [6.07, 6.45) is 10.4. The Hall–Kier alpha value is -1.49. The Labute approximate surface area is 60.2 Å². The second kappa shape index (κ2) is 2.88. The lowest BCUT2D eigenvalue weighted by molar-refractivity contribution is 0.715. The van der Waals surface area contributed by atoms with Crippen LogP contribution in [0.1, 0.15) is 5.56 Å². The summed E-state index contributed by atoms with van der Waals surface area (Å²) < 4.78 is 1.69. The molecule has 0 fully saturated rings. The molecule has 50 valence electrons. The highest BCUT2D eigenvalue weighted by molar-refractivity contribution is 5.43. The molecule has 1 heterocycles. The minimum atomic E-state index is 0.522. The molecular formula is C8H8N2. The number of aromatic nitrogens is 2. The molecule has 0 saturated heterocycles. The van der Waals surface area contributed by atoms with Crippen LogP contribution in [0.3, 0.4) is 0 Å². The third-order valence-corrected chi connectivity index (χ3v) is 1.14. The Kier molecular flexibility index (Phi) is 1.91. The fourth-order valence-corrected chi connectivity index (χ4v) is 0.665. The molecule has 1 aromatic heterocycles. The standard InChI is InChI=1S/C8H8N2/c1-3-5-10-7-8(4-2)6-9-10/h1,4,6-7H,2,5H2. The summed E-state index contributed by atoms with van der Waals surface area (Å²) >= 11 is 0. The van der Waals surface area contributed by atoms with Crippen molar-refractivity contribution in [3.05, 3.63) is 24.5 Å². The molecule has 0 aromatic carbocycles. The maximum atomic E-state index is 5.07. The number of nitrogens with zero attached hydrogens (tertiary/aromatic N) is 2. The molecule has 1 aromatic rings. The summed E-state index contributed by atoms with van der Waals surface area (Å²) in [6, 6.07) is 0. The third-order valence-electron chi connectivity index (χ3n) is 1.14. The van der Waals surface area contributed by atoms with E-state index in [0.29, 0.717) is 6.54 Å². The third kappa shape index (κ3) is 1.26. The lowest BCUT2D eigenvalue weighted by Gasteiger charge is -1.88. The van der Waals surface area contributed by atoms with Crippen LogP contribution in [0.5, 0.6) is 0 Å². The number of terminal acetylenes is 1. The van der Waals surface area contributed by atoms with Gasteiger partial charge in [-0.3, -0.25) is 4.68 Å². The van der Waals surface area contributed by atoms with Crippen LogP contribution in [0.25, 0.3) is 6.08 Å². The zero-order chi connectivity index (χ0) is 7.40. The first-order valence-corrected chi connectivity index (χ1v) is 2.95. The molecule has 0 N–H and O–H groups in total. The molecule has 1 rings (SSSR count). The monoisotopic (exact) mass is 132 g/mol. The largest absolute Gasteiger partial charge is 0.260 e. The minimum Gasteiger partial charge on any atom is -0.260 e. The van der Waals surface area contributed by atoms with Crippen LogP contribution in [0.15, 0.2) is 19.0 Å². The number of hydrogen-bond donors (Lipinski definition) is 0. The lowest BCUT2D eigenvalue weighted by atomic mass is 10.4. The van der Waals surface area contributed by atoms with Gasteiger partial charge in [0.05, 0.1) is 6.20 Å². The van der Waals surface area contributed by atoms with E-state index in [2.05, 4.69) is 17.6 Å². The Morgan fingerprint density at radius 2 is 2.70 bits per heavy atom. The van der Waals surface area contributed by atoms with Crippen molar-refractivity contribution in [1.29, 1.82) is 0 Å². The van der Waals surface area contributed by atoms with Gasteiger partial charge in [0.15, 0.2) is 0 Å². The maximum absolute atomic E-state index is 5.07. The quantitative estimate of drug-likeness (QED) is 0.552. The molecule has 2 nitrogen and oxygen atoms in total. The molecule has 0 spiro atoms. The molecule has 0 bridgehead atoms. The highest BCUT2D eigenvalue weighted by Gasteiger charge is 1.89. The number of rotatable bonds is 2. The van der Waals surface area contributed by atoms with Crippen molar-refractivity contribution < 1.29 is 0 Å². The molecule has 0 unspecified atom stereocenters. The molecule has 0 aliphatic rings. The maximum Gasteiger partial charge on any atom is 0.101 e. The topological polar surface area (TPSA) is 17.8 Å². The zero-order valence-corrected chi connectivity index (χ0v) is 5.62. The Morgan fingerprint density at radius 3 is 3.20 bits per heavy atom. The summed E-state index contributed by atoms with van der Waals surface area (Å²) in [7, 11) is 0. The second-order valence-electron chi connectivity index (χ2n) is 1.88. The molecule has 0 radical (unpaired) electrons. The van der Waals surface area contributed by atoms with Gasteiger partial charge in [-0.2, -0.15) is 5.10 Å². The van der Waals surface area contributed by atoms with E-state index < -0.39 is 0 Å². The highest BCUT2D eigenvalue weighted by Crippen LogP contribution is 1.97. The van der Waals surface area contributed by atoms with Crippen LogP contribution < -0.4 is 0 Å². The average molecular weight is 132 g/mol. The van der Waals surface area contributed by atoms with Gasteiger partial charge in [-0.1, -0.05) is 18.6 Å². The van der Waals surface area contributed by atoms with Gasteiger partial charge in [-0.25, -0.2) is 0 Å². The van der Waals surface area contributed by atoms with Crippen LogP contribution in [0.2, 0.25) is 0 Å². The molecule has 0 aliphatic heterocycles. The fraction of sp³-hybridized carbons (Fsp3) is 0.125. The summed E-state index contributed by atoms with van der Waals surface area (Å²) in [4.78, 5) is 0. The predicted octanol–water partition coefficient (Wildman–Crippen LogP) is 1.16. The normalized spacial score (nSPS) is 8.70. The van der Waals surface area contributed by atoms with Crippen molar-refractivity contribution in [3.63, 3.8) is 0 Å². The highest BCUT2D eigenvalue weighted by atomic mass is 15.3. The van der Waals surface area contributed by atoms with E-state index >= 15 is 0 Å². The van der Waals surface area contributed by atoms with E-state index in [0.717, 1.165) is 5.56 Å². The molecule has 0 saturated carbocycles. The summed E-state index contributed by atoms with van der Waals surface area (Å²) in [5.74, 6) is 2.49. The first-order chi connectivity index (χ1) is 4.86. The lowest BCUT2D eigenvalue weighted by Crippen LogP contribution is -1.93. The van der Waals surface area contributed by atoms with Crippen molar-refractivity contribution in [1.82, 2.24) is 9.78 Å². The molecular weight excluding hydrogens is 124 g/mol. The Morgan fingerprint density at radius 1 is 1.90 bits per heavy atom. The van der Waals surface area contributed by atoms with E-state index in [1.807, 2.05) is 6.20 Å². The van der Waals surface area contributed by atoms with Crippen LogP contribution in [0.4, 0.5) is 0 Å². The predicted molar refractivity (Wildman–Crippen MR) is 41.2 cm³/mol. The van der Waals surface area contributed by atoms with Crippen LogP contribution >= 0.6 is 0 Å². The molecule has 0 atom stereocenters. The van der Waals surface area contributed by atoms with E-state index in [4.69, 9.17) is 6.42 Å². The number of hydrogen-bond acceptors (Lipinski definition) is 1. The first-order valence-electron chi connectivity index (χ1n) is 2.95. The first kappa shape index (κ1) is 6.63. The SMILES string of the molecule is C#CCn1cc(C=C)cn1. The second-order valence-corrected chi connectivity index (χ2v) is 1.88. The molecule has 2 heteroatoms. The van der Waals surface area contributed by atoms with Gasteiger partial charge in [0.2, 0.25) is 0 Å². The van der Waals surface area contributed by atoms with Gasteiger partial charge in [-0.05, 0) is 0 Å². The molecule has 10 heavy (non-hydrogen) atoms. The van der Waals surface area contributed by atoms with E-state index in [1.165, 1.54) is 0 Å². The summed E-state index contributed by atoms with van der Waals surface area (Å²) in [6.45, 7) is 4.12. The summed E-state index contributed by atoms with van der Waals surface area (Å²) in [5, 5.41) is 3.98. The van der Waals surface area contributed by atoms with E-state index in [1.54, 1.807) is 17.0 Å². The van der Waals surface area contributed by atoms with Gasteiger partial charge in [0.25, 0.3) is 0 Å². The van der Waals surface area contributed by atoms with Crippen molar-refractivity contribution in [3.8, 4) is 12.3 Å². The van der Waals surface area contributed by atoms with Crippen molar-refractivity contribution in [2.24, 2.45) is 0 Å². The van der Waals surface area contributed by atoms with Crippen LogP contribution in [-0.4, -0.2) is 9.78 Å². The van der Waals surface area contributed by atoms with Gasteiger partial charge in [0, 0.05) is 11.8 Å². The van der Waals surface area contributed by atoms with Crippen LogP contribution in [-0.2, 0) is 6.54 Å². The van der Waals surface area contributed by atoms with Crippen molar-refractivity contribution in [2.75, 3.05) is 0 Å². The van der Waals surface area contributed by atoms with Gasteiger partial charge >= 0.3 is 0 Å². The van der Waals surface area contributed by atoms with Crippen molar-refractivity contribution >= 4 is 6.08 Å². The molecule has 0 amide bonds. The van der Waals surface area contributed by atoms with Gasteiger partial charge in [0.1, 0.15) is 6.54 Å². The average Bonchev–Trinajstić information content (AvgIpc) is 2.37. The van der Waals surface area contributed by atoms with Crippen molar-refractivity contribution in [2.45, 2.75) is 6.54 Å². The van der Waals surface area contributed by atoms with Gasteiger partial charge < -0.3 is 0 Å². The zero-order valence-electron chi connectivity index (χ0n) is 5.62. The minimum absolute atomic E-state index is 0.522. The van der Waals surface area contributed by atoms with E-state index in [9.17, 15) is 0 Å². The van der Waals surface area contributed by atoms with Gasteiger partial charge in [-0.15, -0.1) is 6.42 Å². The van der Waals surface area contributed by atoms with E-state index in [-0.39, 0.29) is 0 Å².